The molecule has 7 nitrogen and oxygen atoms in total. The standard InChI is InChI=1S/C19H15ClF3N5O2/c20-18-24-14-4-2-1-3-13(14)17(25-18)27-9-7-26(8-10-27)15-6-5-12(19(21,22)23)11-16(15)28(29)30/h1-6,11H,7-10H2. The van der Waals surface area contributed by atoms with Gasteiger partial charge in [-0.2, -0.15) is 18.2 Å². The van der Waals surface area contributed by atoms with Crippen molar-refractivity contribution in [3.63, 3.8) is 0 Å². The predicted octanol–water partition coefficient (Wildman–Crippen LogP) is 4.54. The molecule has 0 spiro atoms. The molecule has 156 valence electrons. The average molecular weight is 438 g/mol. The molecule has 0 bridgehead atoms. The molecule has 0 atom stereocenters. The van der Waals surface area contributed by atoms with Gasteiger partial charge in [-0.3, -0.25) is 10.1 Å². The maximum atomic E-state index is 12.9. The number of nitro groups is 1. The molecule has 3 aromatic rings. The van der Waals surface area contributed by atoms with Gasteiger partial charge < -0.3 is 9.80 Å². The summed E-state index contributed by atoms with van der Waals surface area (Å²) < 4.78 is 38.8. The number of halogens is 4. The third-order valence-electron chi connectivity index (χ3n) is 4.98. The Balaban J connectivity index is 1.59. The molecule has 0 aliphatic carbocycles. The Morgan fingerprint density at radius 2 is 1.67 bits per heavy atom. The number of nitro benzene ring substituents is 1. The fourth-order valence-electron chi connectivity index (χ4n) is 3.55. The summed E-state index contributed by atoms with van der Waals surface area (Å²) in [5.41, 5.74) is -0.737. The summed E-state index contributed by atoms with van der Waals surface area (Å²) in [6.07, 6.45) is -4.64. The minimum atomic E-state index is -4.64. The highest BCUT2D eigenvalue weighted by Gasteiger charge is 2.34. The summed E-state index contributed by atoms with van der Waals surface area (Å²) in [5.74, 6) is 0.659. The molecule has 0 amide bonds. The summed E-state index contributed by atoms with van der Waals surface area (Å²) >= 11 is 6.05. The van der Waals surface area contributed by atoms with Crippen molar-refractivity contribution in [2.45, 2.75) is 6.18 Å². The van der Waals surface area contributed by atoms with Gasteiger partial charge in [0.15, 0.2) is 0 Å². The summed E-state index contributed by atoms with van der Waals surface area (Å²) in [5, 5.41) is 12.3. The van der Waals surface area contributed by atoms with Crippen LogP contribution in [0.15, 0.2) is 42.5 Å². The zero-order valence-corrected chi connectivity index (χ0v) is 16.2. The van der Waals surface area contributed by atoms with Crippen LogP contribution in [0.4, 0.5) is 30.4 Å². The van der Waals surface area contributed by atoms with Crippen molar-refractivity contribution in [1.29, 1.82) is 0 Å². The molecule has 1 saturated heterocycles. The van der Waals surface area contributed by atoms with E-state index >= 15 is 0 Å². The number of fused-ring (bicyclic) bond motifs is 1. The minimum Gasteiger partial charge on any atom is -0.362 e. The summed E-state index contributed by atoms with van der Waals surface area (Å²) in [6, 6.07) is 10.0. The topological polar surface area (TPSA) is 75.4 Å². The maximum Gasteiger partial charge on any atom is 0.416 e. The number of piperazine rings is 1. The van der Waals surface area contributed by atoms with Crippen LogP contribution in [0.3, 0.4) is 0 Å². The van der Waals surface area contributed by atoms with Crippen LogP contribution in [0.1, 0.15) is 5.56 Å². The molecule has 1 aromatic heterocycles. The fraction of sp³-hybridized carbons (Fsp3) is 0.263. The first kappa shape index (κ1) is 20.1. The number of para-hydroxylation sites is 1. The van der Waals surface area contributed by atoms with Gasteiger partial charge in [-0.25, -0.2) is 4.98 Å². The number of anilines is 2. The Hall–Kier alpha value is -3.14. The Morgan fingerprint density at radius 1 is 1.00 bits per heavy atom. The summed E-state index contributed by atoms with van der Waals surface area (Å²) in [6.45, 7) is 1.69. The quantitative estimate of drug-likeness (QED) is 0.340. The van der Waals surface area contributed by atoms with Crippen LogP contribution in [0.25, 0.3) is 10.9 Å². The smallest absolute Gasteiger partial charge is 0.362 e. The van der Waals surface area contributed by atoms with E-state index in [-0.39, 0.29) is 11.0 Å². The van der Waals surface area contributed by atoms with Gasteiger partial charge in [0, 0.05) is 37.6 Å². The van der Waals surface area contributed by atoms with Crippen molar-refractivity contribution in [1.82, 2.24) is 9.97 Å². The molecule has 1 fully saturated rings. The second kappa shape index (κ2) is 7.60. The van der Waals surface area contributed by atoms with Gasteiger partial charge in [0.25, 0.3) is 5.69 Å². The molecule has 30 heavy (non-hydrogen) atoms. The zero-order chi connectivity index (χ0) is 21.5. The van der Waals surface area contributed by atoms with Crippen molar-refractivity contribution in [2.24, 2.45) is 0 Å². The molecule has 1 aliphatic rings. The van der Waals surface area contributed by atoms with Crippen LogP contribution >= 0.6 is 11.6 Å². The minimum absolute atomic E-state index is 0.115. The fourth-order valence-corrected chi connectivity index (χ4v) is 3.72. The number of aromatic nitrogens is 2. The Kier molecular flexibility index (Phi) is 5.10. The van der Waals surface area contributed by atoms with E-state index in [1.807, 2.05) is 29.2 Å². The lowest BCUT2D eigenvalue weighted by Crippen LogP contribution is -2.47. The van der Waals surface area contributed by atoms with Gasteiger partial charge in [0.2, 0.25) is 5.28 Å². The van der Waals surface area contributed by atoms with Crippen molar-refractivity contribution >= 4 is 39.7 Å². The van der Waals surface area contributed by atoms with Crippen LogP contribution in [-0.2, 0) is 6.18 Å². The molecule has 0 saturated carbocycles. The number of rotatable bonds is 3. The van der Waals surface area contributed by atoms with E-state index in [2.05, 4.69) is 9.97 Å². The van der Waals surface area contributed by atoms with Crippen LogP contribution in [0.5, 0.6) is 0 Å². The Bertz CT molecular complexity index is 1120. The first-order valence-corrected chi connectivity index (χ1v) is 9.39. The van der Waals surface area contributed by atoms with Crippen molar-refractivity contribution in [3.8, 4) is 0 Å². The summed E-state index contributed by atoms with van der Waals surface area (Å²) in [4.78, 5) is 22.8. The predicted molar refractivity (Wildman–Crippen MR) is 107 cm³/mol. The van der Waals surface area contributed by atoms with E-state index < -0.39 is 22.4 Å². The van der Waals surface area contributed by atoms with Gasteiger partial charge in [-0.05, 0) is 35.9 Å². The van der Waals surface area contributed by atoms with Crippen LogP contribution in [0, 0.1) is 10.1 Å². The van der Waals surface area contributed by atoms with E-state index in [9.17, 15) is 23.3 Å². The number of hydrogen-bond acceptors (Lipinski definition) is 6. The lowest BCUT2D eigenvalue weighted by atomic mass is 10.1. The van der Waals surface area contributed by atoms with Gasteiger partial charge in [0.1, 0.15) is 11.5 Å². The molecule has 0 unspecified atom stereocenters. The number of hydrogen-bond donors (Lipinski definition) is 0. The SMILES string of the molecule is O=[N+]([O-])c1cc(C(F)(F)F)ccc1N1CCN(c2nc(Cl)nc3ccccc23)CC1. The van der Waals surface area contributed by atoms with Crippen LogP contribution in [-0.4, -0.2) is 41.1 Å². The van der Waals surface area contributed by atoms with Gasteiger partial charge in [-0.15, -0.1) is 0 Å². The molecule has 2 aromatic carbocycles. The van der Waals surface area contributed by atoms with Crippen LogP contribution < -0.4 is 9.80 Å². The second-order valence-electron chi connectivity index (χ2n) is 6.77. The summed E-state index contributed by atoms with van der Waals surface area (Å²) in [7, 11) is 0. The second-order valence-corrected chi connectivity index (χ2v) is 7.10. The Labute approximate surface area is 173 Å². The van der Waals surface area contributed by atoms with E-state index in [1.54, 1.807) is 4.90 Å². The van der Waals surface area contributed by atoms with E-state index in [1.165, 1.54) is 0 Å². The highest BCUT2D eigenvalue weighted by molar-refractivity contribution is 6.28. The van der Waals surface area contributed by atoms with Crippen molar-refractivity contribution < 1.29 is 18.1 Å². The molecule has 2 heterocycles. The first-order chi connectivity index (χ1) is 14.2. The molecule has 0 N–H and O–H groups in total. The average Bonchev–Trinajstić information content (AvgIpc) is 2.72. The highest BCUT2D eigenvalue weighted by atomic mass is 35.5. The van der Waals surface area contributed by atoms with Gasteiger partial charge >= 0.3 is 6.18 Å². The lowest BCUT2D eigenvalue weighted by Gasteiger charge is -2.36. The third-order valence-corrected chi connectivity index (χ3v) is 5.14. The van der Waals surface area contributed by atoms with Gasteiger partial charge in [-0.1, -0.05) is 12.1 Å². The van der Waals surface area contributed by atoms with E-state index in [4.69, 9.17) is 11.6 Å². The molecule has 4 rings (SSSR count). The van der Waals surface area contributed by atoms with E-state index in [0.717, 1.165) is 17.5 Å². The number of benzene rings is 2. The molecular formula is C19H15ClF3N5O2. The van der Waals surface area contributed by atoms with E-state index in [0.29, 0.717) is 43.6 Å². The maximum absolute atomic E-state index is 12.9. The Morgan fingerprint density at radius 3 is 2.33 bits per heavy atom. The normalized spacial score (nSPS) is 14.9. The third kappa shape index (κ3) is 3.82. The first-order valence-electron chi connectivity index (χ1n) is 9.02. The number of nitrogens with zero attached hydrogens (tertiary/aromatic N) is 5. The highest BCUT2D eigenvalue weighted by Crippen LogP contribution is 2.37. The van der Waals surface area contributed by atoms with Crippen LogP contribution in [0.2, 0.25) is 5.28 Å². The lowest BCUT2D eigenvalue weighted by molar-refractivity contribution is -0.384. The van der Waals surface area contributed by atoms with Crippen molar-refractivity contribution in [3.05, 3.63) is 63.4 Å². The monoisotopic (exact) mass is 437 g/mol. The number of alkyl halides is 3. The van der Waals surface area contributed by atoms with Gasteiger partial charge in [0.05, 0.1) is 16.0 Å². The molecule has 0 radical (unpaired) electrons. The zero-order valence-electron chi connectivity index (χ0n) is 15.4. The molecular weight excluding hydrogens is 423 g/mol. The largest absolute Gasteiger partial charge is 0.416 e. The molecule has 11 heteroatoms. The van der Waals surface area contributed by atoms with Crippen molar-refractivity contribution in [2.75, 3.05) is 36.0 Å². The molecule has 1 aliphatic heterocycles.